The van der Waals surface area contributed by atoms with Crippen molar-refractivity contribution in [1.82, 2.24) is 10.2 Å². The van der Waals surface area contributed by atoms with E-state index in [0.717, 1.165) is 19.5 Å². The van der Waals surface area contributed by atoms with Gasteiger partial charge in [0.25, 0.3) is 0 Å². The molecule has 0 aromatic rings. The van der Waals surface area contributed by atoms with Crippen LogP contribution >= 0.6 is 0 Å². The van der Waals surface area contributed by atoms with Gasteiger partial charge in [-0.1, -0.05) is 6.08 Å². The van der Waals surface area contributed by atoms with Gasteiger partial charge in [-0.05, 0) is 33.1 Å². The largest absolute Gasteiger partial charge is 0.452 e. The van der Waals surface area contributed by atoms with Crippen LogP contribution in [0.2, 0.25) is 0 Å². The molecule has 2 unspecified atom stereocenters. The van der Waals surface area contributed by atoms with Crippen LogP contribution in [0.15, 0.2) is 17.3 Å². The third-order valence-electron chi connectivity index (χ3n) is 4.04. The van der Waals surface area contributed by atoms with E-state index >= 15 is 0 Å². The molecular weight excluding hydrogens is 257 g/mol. The molecule has 4 nitrogen and oxygen atoms in total. The lowest BCUT2D eigenvalue weighted by molar-refractivity contribution is 0.145. The second-order valence-electron chi connectivity index (χ2n) is 5.78. The van der Waals surface area contributed by atoms with Crippen LogP contribution in [0.3, 0.4) is 0 Å². The van der Waals surface area contributed by atoms with Gasteiger partial charge in [-0.2, -0.15) is 0 Å². The molecule has 20 heavy (non-hydrogen) atoms. The zero-order valence-electron chi connectivity index (χ0n) is 12.7. The standard InChI is InChI=1S/C15H26FN3O/c1-4-7-20-12(3)17-11(2)19-6-5-14(10-19)18-15-8-13(16)9-15/h4,7,11,13-15,18H,5-6,8-10H2,1-3H3/b7-4+,17-12-/t11?,13-,14?,15-. The van der Waals surface area contributed by atoms with Gasteiger partial charge in [-0.25, -0.2) is 9.38 Å². The lowest BCUT2D eigenvalue weighted by Gasteiger charge is -2.33. The van der Waals surface area contributed by atoms with Gasteiger partial charge in [0.05, 0.1) is 6.26 Å². The second-order valence-corrected chi connectivity index (χ2v) is 5.78. The third kappa shape index (κ3) is 4.28. The van der Waals surface area contributed by atoms with E-state index in [2.05, 4.69) is 22.1 Å². The van der Waals surface area contributed by atoms with Crippen molar-refractivity contribution in [1.29, 1.82) is 0 Å². The molecule has 1 heterocycles. The van der Waals surface area contributed by atoms with Crippen LogP contribution in [0.5, 0.6) is 0 Å². The smallest absolute Gasteiger partial charge is 0.187 e. The average Bonchev–Trinajstić information content (AvgIpc) is 2.83. The number of halogens is 1. The molecule has 2 rings (SSSR count). The van der Waals surface area contributed by atoms with Gasteiger partial charge in [-0.15, -0.1) is 0 Å². The zero-order chi connectivity index (χ0) is 14.5. The molecule has 2 fully saturated rings. The highest BCUT2D eigenvalue weighted by molar-refractivity contribution is 5.73. The molecule has 0 radical (unpaired) electrons. The first-order chi connectivity index (χ1) is 9.58. The maximum atomic E-state index is 12.8. The summed E-state index contributed by atoms with van der Waals surface area (Å²) in [4.78, 5) is 6.88. The Kier molecular flexibility index (Phi) is 5.54. The number of rotatable bonds is 5. The van der Waals surface area contributed by atoms with Crippen LogP contribution in [0.4, 0.5) is 4.39 Å². The minimum absolute atomic E-state index is 0.127. The first kappa shape index (κ1) is 15.4. The fourth-order valence-corrected chi connectivity index (χ4v) is 2.82. The quantitative estimate of drug-likeness (QED) is 0.478. The van der Waals surface area contributed by atoms with Gasteiger partial charge < -0.3 is 10.1 Å². The van der Waals surface area contributed by atoms with E-state index < -0.39 is 6.17 Å². The second kappa shape index (κ2) is 7.18. The highest BCUT2D eigenvalue weighted by atomic mass is 19.1. The van der Waals surface area contributed by atoms with Gasteiger partial charge in [0, 0.05) is 32.1 Å². The Morgan fingerprint density at radius 2 is 2.20 bits per heavy atom. The maximum Gasteiger partial charge on any atom is 0.187 e. The van der Waals surface area contributed by atoms with Gasteiger partial charge in [-0.3, -0.25) is 4.90 Å². The van der Waals surface area contributed by atoms with Crippen molar-refractivity contribution in [3.8, 4) is 0 Å². The Labute approximate surface area is 121 Å². The number of aliphatic imine (C=N–C) groups is 1. The van der Waals surface area contributed by atoms with Gasteiger partial charge in [0.15, 0.2) is 5.90 Å². The van der Waals surface area contributed by atoms with Crippen LogP contribution in [0, 0.1) is 0 Å². The Hall–Kier alpha value is -0.940. The van der Waals surface area contributed by atoms with Gasteiger partial charge >= 0.3 is 0 Å². The topological polar surface area (TPSA) is 36.9 Å². The van der Waals surface area contributed by atoms with Crippen molar-refractivity contribution in [3.05, 3.63) is 12.3 Å². The molecule has 0 aromatic heterocycles. The molecule has 0 bridgehead atoms. The van der Waals surface area contributed by atoms with Crippen LogP contribution < -0.4 is 5.32 Å². The highest BCUT2D eigenvalue weighted by Crippen LogP contribution is 2.25. The van der Waals surface area contributed by atoms with E-state index in [-0.39, 0.29) is 6.17 Å². The summed E-state index contributed by atoms with van der Waals surface area (Å²) in [6.07, 6.45) is 5.51. The fourth-order valence-electron chi connectivity index (χ4n) is 2.82. The molecule has 1 N–H and O–H groups in total. The summed E-state index contributed by atoms with van der Waals surface area (Å²) in [6.45, 7) is 7.89. The van der Waals surface area contributed by atoms with E-state index in [9.17, 15) is 4.39 Å². The van der Waals surface area contributed by atoms with Gasteiger partial charge in [0.1, 0.15) is 12.3 Å². The molecule has 2 aliphatic rings. The summed E-state index contributed by atoms with van der Waals surface area (Å²) in [5.41, 5.74) is 0. The van der Waals surface area contributed by atoms with E-state index in [1.54, 1.807) is 6.26 Å². The molecule has 0 aromatic carbocycles. The van der Waals surface area contributed by atoms with E-state index in [4.69, 9.17) is 4.74 Å². The molecule has 0 amide bonds. The summed E-state index contributed by atoms with van der Waals surface area (Å²) in [7, 11) is 0. The Balaban J connectivity index is 1.74. The number of nitrogens with zero attached hydrogens (tertiary/aromatic N) is 2. The summed E-state index contributed by atoms with van der Waals surface area (Å²) in [6, 6.07) is 0.857. The molecular formula is C15H26FN3O. The monoisotopic (exact) mass is 283 g/mol. The number of ether oxygens (including phenoxy) is 1. The number of alkyl halides is 1. The summed E-state index contributed by atoms with van der Waals surface area (Å²) >= 11 is 0. The van der Waals surface area contributed by atoms with Crippen molar-refractivity contribution < 1.29 is 9.13 Å². The number of hydrogen-bond donors (Lipinski definition) is 1. The molecule has 5 heteroatoms. The van der Waals surface area contributed by atoms with Crippen molar-refractivity contribution in [2.75, 3.05) is 13.1 Å². The van der Waals surface area contributed by atoms with Crippen LogP contribution in [0.1, 0.15) is 40.0 Å². The number of hydrogen-bond acceptors (Lipinski definition) is 4. The molecule has 2 atom stereocenters. The van der Waals surface area contributed by atoms with Crippen molar-refractivity contribution in [2.45, 2.75) is 64.5 Å². The minimum Gasteiger partial charge on any atom is -0.452 e. The summed E-state index contributed by atoms with van der Waals surface area (Å²) in [5, 5.41) is 3.55. The minimum atomic E-state index is -0.583. The number of likely N-dealkylation sites (tertiary alicyclic amines) is 1. The Bertz CT molecular complexity index is 366. The molecule has 114 valence electrons. The zero-order valence-corrected chi connectivity index (χ0v) is 12.7. The molecule has 1 saturated carbocycles. The van der Waals surface area contributed by atoms with E-state index in [1.165, 1.54) is 0 Å². The lowest BCUT2D eigenvalue weighted by Crippen LogP contribution is -2.48. The Morgan fingerprint density at radius 1 is 1.45 bits per heavy atom. The highest BCUT2D eigenvalue weighted by Gasteiger charge is 2.33. The summed E-state index contributed by atoms with van der Waals surface area (Å²) in [5.74, 6) is 0.686. The average molecular weight is 283 g/mol. The fraction of sp³-hybridized carbons (Fsp3) is 0.800. The van der Waals surface area contributed by atoms with Crippen LogP contribution in [0.25, 0.3) is 0 Å². The first-order valence-corrected chi connectivity index (χ1v) is 7.55. The summed E-state index contributed by atoms with van der Waals surface area (Å²) < 4.78 is 18.1. The number of allylic oxidation sites excluding steroid dienone is 1. The molecule has 1 aliphatic heterocycles. The lowest BCUT2D eigenvalue weighted by atomic mass is 9.90. The number of nitrogens with one attached hydrogen (secondary N) is 1. The van der Waals surface area contributed by atoms with Crippen LogP contribution in [-0.2, 0) is 4.74 Å². The molecule has 0 spiro atoms. The van der Waals surface area contributed by atoms with Crippen molar-refractivity contribution in [2.24, 2.45) is 4.99 Å². The van der Waals surface area contributed by atoms with E-state index in [0.29, 0.717) is 30.8 Å². The normalized spacial score (nSPS) is 33.4. The Morgan fingerprint density at radius 3 is 2.85 bits per heavy atom. The SMILES string of the molecule is C/C=C/O/C(C)=N\C(C)N1CCC(N[C@H]2C[C@H](F)C2)C1. The molecule has 1 saturated heterocycles. The maximum absolute atomic E-state index is 12.8. The molecule has 1 aliphatic carbocycles. The van der Waals surface area contributed by atoms with Crippen molar-refractivity contribution >= 4 is 5.90 Å². The predicted molar refractivity (Wildman–Crippen MR) is 79.5 cm³/mol. The van der Waals surface area contributed by atoms with E-state index in [1.807, 2.05) is 19.9 Å². The van der Waals surface area contributed by atoms with Crippen LogP contribution in [-0.4, -0.2) is 48.3 Å². The predicted octanol–water partition coefficient (Wildman–Crippen LogP) is 2.47. The van der Waals surface area contributed by atoms with Gasteiger partial charge in [0.2, 0.25) is 0 Å². The first-order valence-electron chi connectivity index (χ1n) is 7.55. The third-order valence-corrected chi connectivity index (χ3v) is 4.04. The van der Waals surface area contributed by atoms with Crippen molar-refractivity contribution in [3.63, 3.8) is 0 Å².